The van der Waals surface area contributed by atoms with E-state index in [0.717, 1.165) is 11.3 Å². The Hall–Kier alpha value is -0.0800. The van der Waals surface area contributed by atoms with E-state index in [1.54, 1.807) is 0 Å². The molecule has 15 heavy (non-hydrogen) atoms. The van der Waals surface area contributed by atoms with E-state index in [2.05, 4.69) is 17.6 Å². The van der Waals surface area contributed by atoms with E-state index in [4.69, 9.17) is 0 Å². The van der Waals surface area contributed by atoms with Crippen molar-refractivity contribution < 1.29 is 0 Å². The van der Waals surface area contributed by atoms with Crippen LogP contribution in [0.4, 0.5) is 0 Å². The summed E-state index contributed by atoms with van der Waals surface area (Å²) >= 11 is 0. The van der Waals surface area contributed by atoms with Gasteiger partial charge in [0.2, 0.25) is 0 Å². The summed E-state index contributed by atoms with van der Waals surface area (Å²) in [5.74, 6) is 1.09. The highest BCUT2D eigenvalue weighted by Crippen LogP contribution is 2.60. The predicted octanol–water partition coefficient (Wildman–Crippen LogP) is 1.91. The van der Waals surface area contributed by atoms with Gasteiger partial charge in [-0.25, -0.2) is 0 Å². The molecule has 1 atom stereocenters. The molecular formula is C13H24N2. The van der Waals surface area contributed by atoms with Gasteiger partial charge in [0, 0.05) is 18.6 Å². The van der Waals surface area contributed by atoms with Gasteiger partial charge in [-0.1, -0.05) is 0 Å². The maximum atomic E-state index is 3.73. The van der Waals surface area contributed by atoms with Crippen molar-refractivity contribution >= 4 is 0 Å². The van der Waals surface area contributed by atoms with Crippen molar-refractivity contribution in [2.45, 2.75) is 51.0 Å². The fourth-order valence-electron chi connectivity index (χ4n) is 3.28. The third-order valence-electron chi connectivity index (χ3n) is 4.78. The first-order valence-corrected chi connectivity index (χ1v) is 6.68. The summed E-state index contributed by atoms with van der Waals surface area (Å²) in [7, 11) is 0. The van der Waals surface area contributed by atoms with Crippen LogP contribution in [0.1, 0.15) is 45.4 Å². The highest BCUT2D eigenvalue weighted by Gasteiger charge is 2.53. The second-order valence-corrected chi connectivity index (χ2v) is 6.33. The van der Waals surface area contributed by atoms with Gasteiger partial charge in [-0.05, 0) is 63.3 Å². The van der Waals surface area contributed by atoms with Crippen molar-refractivity contribution in [2.75, 3.05) is 19.6 Å². The topological polar surface area (TPSA) is 24.1 Å². The number of hydrogen-bond donors (Lipinski definition) is 2. The summed E-state index contributed by atoms with van der Waals surface area (Å²) < 4.78 is 0. The lowest BCUT2D eigenvalue weighted by Crippen LogP contribution is -2.47. The Morgan fingerprint density at radius 2 is 2.00 bits per heavy atom. The summed E-state index contributed by atoms with van der Waals surface area (Å²) in [6, 6.07) is 0. The maximum Gasteiger partial charge on any atom is 0.0278 e. The minimum Gasteiger partial charge on any atom is -0.314 e. The number of rotatable bonds is 5. The van der Waals surface area contributed by atoms with Crippen LogP contribution in [0.25, 0.3) is 0 Å². The molecule has 0 amide bonds. The van der Waals surface area contributed by atoms with E-state index in [9.17, 15) is 0 Å². The van der Waals surface area contributed by atoms with E-state index < -0.39 is 0 Å². The molecule has 1 saturated heterocycles. The summed E-state index contributed by atoms with van der Waals surface area (Å²) in [6.07, 6.45) is 8.71. The predicted molar refractivity (Wildman–Crippen MR) is 62.9 cm³/mol. The first-order valence-electron chi connectivity index (χ1n) is 6.68. The maximum absolute atomic E-state index is 3.73. The standard InChI is InChI=1S/C13H24N2/c1-12(5-2-8-15-12)9-14-10-13(6-7-13)11-3-4-11/h11,14-15H,2-10H2,1H3. The zero-order valence-corrected chi connectivity index (χ0v) is 9.94. The molecule has 1 aliphatic heterocycles. The molecule has 2 nitrogen and oxygen atoms in total. The molecule has 0 aromatic carbocycles. The summed E-state index contributed by atoms with van der Waals surface area (Å²) in [5.41, 5.74) is 1.15. The van der Waals surface area contributed by atoms with Crippen LogP contribution >= 0.6 is 0 Å². The minimum atomic E-state index is 0.389. The molecule has 3 rings (SSSR count). The third-order valence-corrected chi connectivity index (χ3v) is 4.78. The highest BCUT2D eigenvalue weighted by atomic mass is 15.1. The van der Waals surface area contributed by atoms with Gasteiger partial charge >= 0.3 is 0 Å². The molecular weight excluding hydrogens is 184 g/mol. The largest absolute Gasteiger partial charge is 0.314 e. The highest BCUT2D eigenvalue weighted by molar-refractivity contribution is 5.05. The van der Waals surface area contributed by atoms with Crippen molar-refractivity contribution in [1.82, 2.24) is 10.6 Å². The normalized spacial score (nSPS) is 38.2. The molecule has 2 heteroatoms. The van der Waals surface area contributed by atoms with Crippen LogP contribution in [0, 0.1) is 11.3 Å². The van der Waals surface area contributed by atoms with Crippen molar-refractivity contribution in [1.29, 1.82) is 0 Å². The Kier molecular flexibility index (Phi) is 2.33. The molecule has 86 valence electrons. The average molecular weight is 208 g/mol. The van der Waals surface area contributed by atoms with Crippen molar-refractivity contribution in [3.63, 3.8) is 0 Å². The molecule has 1 heterocycles. The second-order valence-electron chi connectivity index (χ2n) is 6.33. The van der Waals surface area contributed by atoms with E-state index in [0.29, 0.717) is 5.54 Å². The summed E-state index contributed by atoms with van der Waals surface area (Å²) in [4.78, 5) is 0. The Bertz CT molecular complexity index is 233. The van der Waals surface area contributed by atoms with Crippen molar-refractivity contribution in [3.05, 3.63) is 0 Å². The first kappa shape index (κ1) is 10.1. The summed E-state index contributed by atoms with van der Waals surface area (Å²) in [5, 5.41) is 7.35. The SMILES string of the molecule is CC1(CNCC2(C3CC3)CC2)CCCN1. The fourth-order valence-corrected chi connectivity index (χ4v) is 3.28. The average Bonchev–Trinajstić information content (AvgIpc) is 3.07. The van der Waals surface area contributed by atoms with Crippen LogP contribution in [-0.2, 0) is 0 Å². The van der Waals surface area contributed by atoms with E-state index in [-0.39, 0.29) is 0 Å². The first-order chi connectivity index (χ1) is 7.23. The fraction of sp³-hybridized carbons (Fsp3) is 1.00. The van der Waals surface area contributed by atoms with Crippen molar-refractivity contribution in [2.24, 2.45) is 11.3 Å². The van der Waals surface area contributed by atoms with Gasteiger partial charge in [0.15, 0.2) is 0 Å². The quantitative estimate of drug-likeness (QED) is 0.721. The Labute approximate surface area is 93.2 Å². The second kappa shape index (κ2) is 3.46. The van der Waals surface area contributed by atoms with Crippen LogP contribution in [-0.4, -0.2) is 25.2 Å². The Morgan fingerprint density at radius 1 is 1.20 bits per heavy atom. The number of hydrogen-bond acceptors (Lipinski definition) is 2. The summed E-state index contributed by atoms with van der Waals surface area (Å²) in [6.45, 7) is 6.03. The third kappa shape index (κ3) is 2.07. The lowest BCUT2D eigenvalue weighted by atomic mass is 9.98. The van der Waals surface area contributed by atoms with Gasteiger partial charge in [-0.15, -0.1) is 0 Å². The van der Waals surface area contributed by atoms with E-state index in [1.807, 2.05) is 0 Å². The molecule has 0 radical (unpaired) electrons. The molecule has 0 aromatic rings. The molecule has 3 fully saturated rings. The lowest BCUT2D eigenvalue weighted by molar-refractivity contribution is 0.341. The lowest BCUT2D eigenvalue weighted by Gasteiger charge is -2.26. The van der Waals surface area contributed by atoms with Crippen LogP contribution in [0.15, 0.2) is 0 Å². The molecule has 0 spiro atoms. The zero-order chi connectivity index (χ0) is 10.4. The molecule has 0 bridgehead atoms. The van der Waals surface area contributed by atoms with Gasteiger partial charge in [0.25, 0.3) is 0 Å². The monoisotopic (exact) mass is 208 g/mol. The van der Waals surface area contributed by atoms with Gasteiger partial charge in [-0.2, -0.15) is 0 Å². The zero-order valence-electron chi connectivity index (χ0n) is 9.94. The van der Waals surface area contributed by atoms with Crippen LogP contribution < -0.4 is 10.6 Å². The van der Waals surface area contributed by atoms with E-state index in [1.165, 1.54) is 58.2 Å². The molecule has 2 N–H and O–H groups in total. The smallest absolute Gasteiger partial charge is 0.0278 e. The van der Waals surface area contributed by atoms with Gasteiger partial charge in [0.1, 0.15) is 0 Å². The molecule has 3 aliphatic rings. The van der Waals surface area contributed by atoms with Gasteiger partial charge in [-0.3, -0.25) is 0 Å². The number of nitrogens with one attached hydrogen (secondary N) is 2. The van der Waals surface area contributed by atoms with Crippen LogP contribution in [0.2, 0.25) is 0 Å². The Morgan fingerprint density at radius 3 is 2.53 bits per heavy atom. The molecule has 2 saturated carbocycles. The Balaban J connectivity index is 1.43. The van der Waals surface area contributed by atoms with Gasteiger partial charge in [0.05, 0.1) is 0 Å². The van der Waals surface area contributed by atoms with E-state index >= 15 is 0 Å². The van der Waals surface area contributed by atoms with Crippen molar-refractivity contribution in [3.8, 4) is 0 Å². The molecule has 0 aromatic heterocycles. The molecule has 2 aliphatic carbocycles. The van der Waals surface area contributed by atoms with Crippen LogP contribution in [0.3, 0.4) is 0 Å². The minimum absolute atomic E-state index is 0.389. The van der Waals surface area contributed by atoms with Crippen LogP contribution in [0.5, 0.6) is 0 Å². The molecule has 1 unspecified atom stereocenters. The van der Waals surface area contributed by atoms with Gasteiger partial charge < -0.3 is 10.6 Å².